The normalized spacial score (nSPS) is 13.2. The van der Waals surface area contributed by atoms with E-state index in [2.05, 4.69) is 0 Å². The number of benzene rings is 1. The highest BCUT2D eigenvalue weighted by atomic mass is 32.2. The van der Waals surface area contributed by atoms with Gasteiger partial charge in [-0.3, -0.25) is 4.21 Å². The van der Waals surface area contributed by atoms with Gasteiger partial charge in [-0.25, -0.2) is 8.42 Å². The van der Waals surface area contributed by atoms with E-state index < -0.39 is 20.6 Å². The number of ether oxygens (including phenoxy) is 1. The van der Waals surface area contributed by atoms with Crippen molar-refractivity contribution in [2.75, 3.05) is 24.9 Å². The summed E-state index contributed by atoms with van der Waals surface area (Å²) in [6, 6.07) is 5.44. The van der Waals surface area contributed by atoms with Gasteiger partial charge < -0.3 is 10.5 Å². The number of nitrogens with two attached hydrogens (primary N) is 1. The third-order valence-electron chi connectivity index (χ3n) is 2.57. The molecule has 0 spiro atoms. The van der Waals surface area contributed by atoms with Crippen LogP contribution in [0.15, 0.2) is 18.2 Å². The third kappa shape index (κ3) is 5.71. The summed E-state index contributed by atoms with van der Waals surface area (Å²) in [5, 5.41) is 0. The summed E-state index contributed by atoms with van der Waals surface area (Å²) in [6.07, 6.45) is 1.14. The Morgan fingerprint density at radius 2 is 2.05 bits per heavy atom. The summed E-state index contributed by atoms with van der Waals surface area (Å²) in [7, 11) is -2.70. The first-order valence-electron chi connectivity index (χ1n) is 5.74. The van der Waals surface area contributed by atoms with Gasteiger partial charge in [0.15, 0.2) is 0 Å². The average Bonchev–Trinajstić information content (AvgIpc) is 2.35. The second-order valence-corrected chi connectivity index (χ2v) is 8.10. The molecule has 0 bridgehead atoms. The number of hydrogen-bond donors (Lipinski definition) is 1. The van der Waals surface area contributed by atoms with E-state index in [1.165, 1.54) is 0 Å². The van der Waals surface area contributed by atoms with Crippen molar-refractivity contribution >= 4 is 20.6 Å². The van der Waals surface area contributed by atoms with E-state index in [0.29, 0.717) is 18.0 Å². The van der Waals surface area contributed by atoms with Crippen LogP contribution >= 0.6 is 0 Å². The van der Waals surface area contributed by atoms with Gasteiger partial charge in [0.2, 0.25) is 0 Å². The molecule has 1 aromatic rings. The van der Waals surface area contributed by atoms with E-state index in [4.69, 9.17) is 10.5 Å². The van der Waals surface area contributed by atoms with Crippen molar-refractivity contribution in [1.29, 1.82) is 0 Å². The summed E-state index contributed by atoms with van der Waals surface area (Å²) < 4.78 is 39.0. The molecule has 19 heavy (non-hydrogen) atoms. The minimum absolute atomic E-state index is 0.0560. The fourth-order valence-electron chi connectivity index (χ4n) is 1.58. The smallest absolute Gasteiger partial charge is 0.148 e. The first kappa shape index (κ1) is 16.1. The zero-order valence-corrected chi connectivity index (χ0v) is 12.7. The highest BCUT2D eigenvalue weighted by molar-refractivity contribution is 7.92. The molecular weight excluding hydrogens is 286 g/mol. The molecule has 0 aromatic heterocycles. The Bertz CT molecular complexity index is 555. The second kappa shape index (κ2) is 7.02. The monoisotopic (exact) mass is 305 g/mol. The SMILES string of the molecule is COc1ccc(CS(=O)CCS(C)(=O)=O)cc1CN. The van der Waals surface area contributed by atoms with E-state index in [1.807, 2.05) is 12.1 Å². The quantitative estimate of drug-likeness (QED) is 0.790. The molecule has 1 unspecified atom stereocenters. The van der Waals surface area contributed by atoms with Crippen LogP contribution in [0.1, 0.15) is 11.1 Å². The largest absolute Gasteiger partial charge is 0.496 e. The van der Waals surface area contributed by atoms with Crippen molar-refractivity contribution in [3.8, 4) is 5.75 Å². The molecule has 0 heterocycles. The van der Waals surface area contributed by atoms with Crippen LogP contribution < -0.4 is 10.5 Å². The molecule has 1 atom stereocenters. The zero-order valence-electron chi connectivity index (χ0n) is 11.1. The van der Waals surface area contributed by atoms with Crippen molar-refractivity contribution in [1.82, 2.24) is 0 Å². The van der Waals surface area contributed by atoms with Gasteiger partial charge in [0.25, 0.3) is 0 Å². The van der Waals surface area contributed by atoms with Gasteiger partial charge in [-0.05, 0) is 17.7 Å². The first-order valence-corrected chi connectivity index (χ1v) is 9.29. The minimum atomic E-state index is -3.07. The van der Waals surface area contributed by atoms with Crippen molar-refractivity contribution in [3.63, 3.8) is 0 Å². The molecule has 0 aliphatic rings. The predicted octanol–water partition coefficient (Wildman–Crippen LogP) is 0.447. The lowest BCUT2D eigenvalue weighted by Gasteiger charge is -2.09. The number of rotatable bonds is 7. The molecule has 7 heteroatoms. The van der Waals surface area contributed by atoms with Crippen LogP contribution in [0.2, 0.25) is 0 Å². The molecule has 108 valence electrons. The number of sulfone groups is 1. The molecule has 0 saturated heterocycles. The molecule has 0 aliphatic carbocycles. The lowest BCUT2D eigenvalue weighted by molar-refractivity contribution is 0.409. The van der Waals surface area contributed by atoms with E-state index in [-0.39, 0.29) is 11.5 Å². The predicted molar refractivity (Wildman–Crippen MR) is 77.3 cm³/mol. The third-order valence-corrected chi connectivity index (χ3v) is 5.09. The van der Waals surface area contributed by atoms with Crippen molar-refractivity contribution in [2.24, 2.45) is 5.73 Å². The highest BCUT2D eigenvalue weighted by Gasteiger charge is 2.09. The van der Waals surface area contributed by atoms with Crippen LogP contribution in [0.25, 0.3) is 0 Å². The van der Waals surface area contributed by atoms with E-state index in [9.17, 15) is 12.6 Å². The Labute approximate surface area is 116 Å². The van der Waals surface area contributed by atoms with Gasteiger partial charge in [-0.15, -0.1) is 0 Å². The van der Waals surface area contributed by atoms with Gasteiger partial charge in [-0.2, -0.15) is 0 Å². The van der Waals surface area contributed by atoms with Gasteiger partial charge >= 0.3 is 0 Å². The summed E-state index contributed by atoms with van der Waals surface area (Å²) in [6.45, 7) is 0.340. The molecule has 5 nitrogen and oxygen atoms in total. The van der Waals surface area contributed by atoms with Crippen molar-refractivity contribution < 1.29 is 17.4 Å². The Kier molecular flexibility index (Phi) is 5.96. The lowest BCUT2D eigenvalue weighted by atomic mass is 10.1. The molecule has 0 aliphatic heterocycles. The minimum Gasteiger partial charge on any atom is -0.496 e. The first-order chi connectivity index (χ1) is 8.85. The molecule has 0 radical (unpaired) electrons. The summed E-state index contributed by atoms with van der Waals surface area (Å²) in [5.41, 5.74) is 7.32. The van der Waals surface area contributed by atoms with Crippen LogP contribution in [-0.2, 0) is 32.9 Å². The summed E-state index contributed by atoms with van der Waals surface area (Å²) in [5.74, 6) is 1.13. The van der Waals surface area contributed by atoms with Crippen LogP contribution in [0.3, 0.4) is 0 Å². The topological polar surface area (TPSA) is 86.5 Å². The van der Waals surface area contributed by atoms with Gasteiger partial charge in [0.05, 0.1) is 12.9 Å². The molecular formula is C12H19NO4S2. The maximum absolute atomic E-state index is 11.8. The van der Waals surface area contributed by atoms with Crippen molar-refractivity contribution in [3.05, 3.63) is 29.3 Å². The molecule has 1 aromatic carbocycles. The van der Waals surface area contributed by atoms with Gasteiger partial charge in [0.1, 0.15) is 15.6 Å². The van der Waals surface area contributed by atoms with E-state index in [1.54, 1.807) is 13.2 Å². The van der Waals surface area contributed by atoms with Crippen LogP contribution in [0.4, 0.5) is 0 Å². The fraction of sp³-hybridized carbons (Fsp3) is 0.500. The van der Waals surface area contributed by atoms with E-state index >= 15 is 0 Å². The molecule has 1 rings (SSSR count). The maximum Gasteiger partial charge on any atom is 0.148 e. The Morgan fingerprint density at radius 3 is 2.58 bits per heavy atom. The fourth-order valence-corrected chi connectivity index (χ4v) is 4.23. The maximum atomic E-state index is 11.8. The van der Waals surface area contributed by atoms with Gasteiger partial charge in [0, 0.05) is 40.7 Å². The highest BCUT2D eigenvalue weighted by Crippen LogP contribution is 2.20. The van der Waals surface area contributed by atoms with E-state index in [0.717, 1.165) is 17.4 Å². The molecule has 0 fully saturated rings. The van der Waals surface area contributed by atoms with Gasteiger partial charge in [-0.1, -0.05) is 6.07 Å². The summed E-state index contributed by atoms with van der Waals surface area (Å²) in [4.78, 5) is 0. The Balaban J connectivity index is 2.69. The second-order valence-electron chi connectivity index (χ2n) is 4.27. The standard InChI is InChI=1S/C12H19NO4S2/c1-17-12-4-3-10(7-11(12)8-13)9-18(14)5-6-19(2,15)16/h3-4,7H,5-6,8-9,13H2,1-2H3. The average molecular weight is 305 g/mol. The van der Waals surface area contributed by atoms with Crippen molar-refractivity contribution in [2.45, 2.75) is 12.3 Å². The summed E-state index contributed by atoms with van der Waals surface area (Å²) >= 11 is 0. The zero-order chi connectivity index (χ0) is 14.5. The molecule has 2 N–H and O–H groups in total. The number of hydrogen-bond acceptors (Lipinski definition) is 5. The van der Waals surface area contributed by atoms with Crippen LogP contribution in [0.5, 0.6) is 5.75 Å². The Hall–Kier alpha value is -0.920. The molecule has 0 amide bonds. The van der Waals surface area contributed by atoms with Crippen LogP contribution in [0, 0.1) is 0 Å². The molecule has 0 saturated carbocycles. The number of methoxy groups -OCH3 is 1. The van der Waals surface area contributed by atoms with Crippen LogP contribution in [-0.4, -0.2) is 37.5 Å². The lowest BCUT2D eigenvalue weighted by Crippen LogP contribution is -2.13. The Morgan fingerprint density at radius 1 is 1.37 bits per heavy atom.